The van der Waals surface area contributed by atoms with Gasteiger partial charge < -0.3 is 14.3 Å². The van der Waals surface area contributed by atoms with E-state index in [0.29, 0.717) is 42.5 Å². The van der Waals surface area contributed by atoms with E-state index >= 15 is 0 Å². The van der Waals surface area contributed by atoms with Gasteiger partial charge in [-0.3, -0.25) is 9.59 Å². The van der Waals surface area contributed by atoms with Crippen LogP contribution >= 0.6 is 11.8 Å². The van der Waals surface area contributed by atoms with Gasteiger partial charge in [0.15, 0.2) is 0 Å². The van der Waals surface area contributed by atoms with Crippen molar-refractivity contribution in [1.82, 2.24) is 19.9 Å². The van der Waals surface area contributed by atoms with E-state index in [2.05, 4.69) is 10.1 Å². The highest BCUT2D eigenvalue weighted by Gasteiger charge is 2.31. The molecule has 0 aliphatic carbocycles. The van der Waals surface area contributed by atoms with Crippen molar-refractivity contribution in [1.29, 1.82) is 0 Å². The van der Waals surface area contributed by atoms with Crippen molar-refractivity contribution in [2.45, 2.75) is 45.4 Å². The highest BCUT2D eigenvalue weighted by Crippen LogP contribution is 2.28. The van der Waals surface area contributed by atoms with E-state index in [1.165, 1.54) is 11.8 Å². The van der Waals surface area contributed by atoms with Crippen LogP contribution in [0.2, 0.25) is 0 Å². The summed E-state index contributed by atoms with van der Waals surface area (Å²) < 4.78 is 5.22. The molecule has 3 heterocycles. The maximum Gasteiger partial charge on any atom is 0.256 e. The molecule has 8 heteroatoms. The number of carbonyl (C=O) groups is 2. The van der Waals surface area contributed by atoms with E-state index in [1.54, 1.807) is 12.3 Å². The zero-order chi connectivity index (χ0) is 21.2. The fraction of sp³-hybridized carbons (Fsp3) is 0.524. The second-order valence-electron chi connectivity index (χ2n) is 8.28. The fourth-order valence-corrected chi connectivity index (χ4v) is 4.41. The number of thioether (sulfide) groups is 1. The van der Waals surface area contributed by atoms with Gasteiger partial charge in [0.1, 0.15) is 10.8 Å². The molecule has 156 valence electrons. The molecule has 0 atom stereocenters. The third kappa shape index (κ3) is 4.80. The molecule has 29 heavy (non-hydrogen) atoms. The van der Waals surface area contributed by atoms with Crippen molar-refractivity contribution >= 4 is 23.6 Å². The minimum atomic E-state index is -0.405. The monoisotopic (exact) mass is 416 g/mol. The highest BCUT2D eigenvalue weighted by molar-refractivity contribution is 7.98. The van der Waals surface area contributed by atoms with Gasteiger partial charge in [-0.2, -0.15) is 0 Å². The summed E-state index contributed by atoms with van der Waals surface area (Å²) in [5, 5.41) is 4.68. The van der Waals surface area contributed by atoms with Crippen LogP contribution in [0.4, 0.5) is 0 Å². The first-order chi connectivity index (χ1) is 13.7. The number of hydrogen-bond donors (Lipinski definition) is 0. The molecule has 0 unspecified atom stereocenters. The van der Waals surface area contributed by atoms with Crippen molar-refractivity contribution in [3.05, 3.63) is 40.9 Å². The first-order valence-electron chi connectivity index (χ1n) is 9.76. The number of nitrogens with zero attached hydrogens (tertiary/aromatic N) is 4. The van der Waals surface area contributed by atoms with Crippen LogP contribution in [0.1, 0.15) is 48.1 Å². The summed E-state index contributed by atoms with van der Waals surface area (Å²) >= 11 is 1.51. The number of pyridine rings is 1. The van der Waals surface area contributed by atoms with E-state index in [1.807, 2.05) is 50.5 Å². The molecule has 2 aromatic heterocycles. The lowest BCUT2D eigenvalue weighted by Crippen LogP contribution is -2.53. The summed E-state index contributed by atoms with van der Waals surface area (Å²) in [6, 6.07) is 3.60. The van der Waals surface area contributed by atoms with Crippen molar-refractivity contribution in [3.63, 3.8) is 0 Å². The van der Waals surface area contributed by atoms with Gasteiger partial charge in [-0.25, -0.2) is 4.98 Å². The van der Waals surface area contributed by atoms with Crippen LogP contribution in [0.15, 0.2) is 27.9 Å². The summed E-state index contributed by atoms with van der Waals surface area (Å²) in [5.74, 6) is 1.52. The Morgan fingerprint density at radius 2 is 1.79 bits per heavy atom. The smallest absolute Gasteiger partial charge is 0.256 e. The zero-order valence-corrected chi connectivity index (χ0v) is 18.5. The number of piperazine rings is 1. The Kier molecular flexibility index (Phi) is 6.31. The molecule has 0 N–H and O–H groups in total. The number of amides is 2. The molecule has 7 nitrogen and oxygen atoms in total. The Morgan fingerprint density at radius 3 is 2.38 bits per heavy atom. The molecule has 0 spiro atoms. The Balaban J connectivity index is 1.67. The fourth-order valence-electron chi connectivity index (χ4n) is 3.27. The van der Waals surface area contributed by atoms with Crippen LogP contribution in [0.25, 0.3) is 0 Å². The van der Waals surface area contributed by atoms with Gasteiger partial charge in [-0.05, 0) is 26.0 Å². The third-order valence-corrected chi connectivity index (χ3v) is 6.06. The van der Waals surface area contributed by atoms with E-state index in [0.717, 1.165) is 17.0 Å². The predicted octanol–water partition coefficient (Wildman–Crippen LogP) is 3.31. The summed E-state index contributed by atoms with van der Waals surface area (Å²) in [6.45, 7) is 11.7. The quantitative estimate of drug-likeness (QED) is 0.712. The van der Waals surface area contributed by atoms with Crippen LogP contribution in [0, 0.1) is 19.3 Å². The van der Waals surface area contributed by atoms with Crippen molar-refractivity contribution in [2.75, 3.05) is 26.2 Å². The van der Waals surface area contributed by atoms with Crippen molar-refractivity contribution in [2.24, 2.45) is 5.41 Å². The van der Waals surface area contributed by atoms with Gasteiger partial charge in [-0.1, -0.05) is 25.9 Å². The summed E-state index contributed by atoms with van der Waals surface area (Å²) in [7, 11) is 0. The molecule has 2 amide bonds. The van der Waals surface area contributed by atoms with Crippen LogP contribution in [-0.4, -0.2) is 57.9 Å². The topological polar surface area (TPSA) is 79.5 Å². The van der Waals surface area contributed by atoms with Crippen LogP contribution in [0.3, 0.4) is 0 Å². The highest BCUT2D eigenvalue weighted by atomic mass is 32.2. The maximum atomic E-state index is 13.1. The van der Waals surface area contributed by atoms with Crippen LogP contribution < -0.4 is 0 Å². The number of carbonyl (C=O) groups excluding carboxylic acids is 2. The van der Waals surface area contributed by atoms with Gasteiger partial charge in [-0.15, -0.1) is 11.8 Å². The van der Waals surface area contributed by atoms with Gasteiger partial charge >= 0.3 is 0 Å². The minimum absolute atomic E-state index is 0.0396. The standard InChI is InChI=1S/C21H28N4O3S/c1-14-17(15(2)28-23-14)13-29-18-16(7-6-8-22-18)19(26)24-9-11-25(12-10-24)20(27)21(3,4)5/h6-8H,9-13H2,1-5H3. The van der Waals surface area contributed by atoms with Crippen LogP contribution in [0.5, 0.6) is 0 Å². The Labute approximate surface area is 175 Å². The van der Waals surface area contributed by atoms with Crippen molar-refractivity contribution in [3.8, 4) is 0 Å². The summed E-state index contributed by atoms with van der Waals surface area (Å²) in [4.78, 5) is 33.7. The normalized spacial score (nSPS) is 14.9. The number of aromatic nitrogens is 2. The SMILES string of the molecule is Cc1noc(C)c1CSc1ncccc1C(=O)N1CCN(C(=O)C(C)(C)C)CC1. The maximum absolute atomic E-state index is 13.1. The first-order valence-corrected chi connectivity index (χ1v) is 10.7. The molecule has 0 bridgehead atoms. The largest absolute Gasteiger partial charge is 0.361 e. The minimum Gasteiger partial charge on any atom is -0.361 e. The Hall–Kier alpha value is -2.35. The average Bonchev–Trinajstić information content (AvgIpc) is 3.02. The Bertz CT molecular complexity index is 876. The van der Waals surface area contributed by atoms with E-state index < -0.39 is 5.41 Å². The molecule has 1 fully saturated rings. The second-order valence-corrected chi connectivity index (χ2v) is 9.25. The summed E-state index contributed by atoms with van der Waals surface area (Å²) in [5.41, 5.74) is 2.09. The summed E-state index contributed by atoms with van der Waals surface area (Å²) in [6.07, 6.45) is 1.70. The lowest BCUT2D eigenvalue weighted by molar-refractivity contribution is -0.140. The van der Waals surface area contributed by atoms with Gasteiger partial charge in [0.25, 0.3) is 5.91 Å². The Morgan fingerprint density at radius 1 is 1.14 bits per heavy atom. The van der Waals surface area contributed by atoms with Gasteiger partial charge in [0, 0.05) is 49.1 Å². The molecule has 1 aliphatic heterocycles. The molecule has 0 aromatic carbocycles. The lowest BCUT2D eigenvalue weighted by atomic mass is 9.94. The number of hydrogen-bond acceptors (Lipinski definition) is 6. The number of rotatable bonds is 4. The zero-order valence-electron chi connectivity index (χ0n) is 17.7. The molecular weight excluding hydrogens is 388 g/mol. The van der Waals surface area contributed by atoms with E-state index in [-0.39, 0.29) is 11.8 Å². The number of aryl methyl sites for hydroxylation is 2. The second kappa shape index (κ2) is 8.57. The molecular formula is C21H28N4O3S. The predicted molar refractivity (Wildman–Crippen MR) is 112 cm³/mol. The van der Waals surface area contributed by atoms with E-state index in [4.69, 9.17) is 4.52 Å². The van der Waals surface area contributed by atoms with Gasteiger partial charge in [0.05, 0.1) is 11.3 Å². The van der Waals surface area contributed by atoms with Gasteiger partial charge in [0.2, 0.25) is 5.91 Å². The molecule has 0 saturated carbocycles. The molecule has 0 radical (unpaired) electrons. The van der Waals surface area contributed by atoms with Crippen LogP contribution in [-0.2, 0) is 10.5 Å². The lowest BCUT2D eigenvalue weighted by Gasteiger charge is -2.37. The molecule has 1 aliphatic rings. The first kappa shape index (κ1) is 21.4. The molecule has 3 rings (SSSR count). The van der Waals surface area contributed by atoms with E-state index in [9.17, 15) is 9.59 Å². The molecule has 2 aromatic rings. The third-order valence-electron chi connectivity index (χ3n) is 5.03. The molecule has 1 saturated heterocycles. The van der Waals surface area contributed by atoms with Crippen molar-refractivity contribution < 1.29 is 14.1 Å². The average molecular weight is 417 g/mol.